The van der Waals surface area contributed by atoms with E-state index in [-0.39, 0.29) is 33.6 Å². The number of rotatable bonds is 8. The van der Waals surface area contributed by atoms with Gasteiger partial charge in [-0.25, -0.2) is 4.98 Å². The number of nitrogen functional groups attached to an aromatic ring is 1. The van der Waals surface area contributed by atoms with Gasteiger partial charge in [0.2, 0.25) is 5.91 Å². The highest BCUT2D eigenvalue weighted by Gasteiger charge is 2.21. The molecule has 0 spiro atoms. The number of hydrogen-bond acceptors (Lipinski definition) is 8. The number of nitrogens with two attached hydrogens (primary N) is 1. The lowest BCUT2D eigenvalue weighted by Crippen LogP contribution is -2.14. The number of amides is 1. The van der Waals surface area contributed by atoms with Crippen molar-refractivity contribution in [2.45, 2.75) is 11.9 Å². The minimum Gasteiger partial charge on any atom is -0.497 e. The molecule has 0 atom stereocenters. The summed E-state index contributed by atoms with van der Waals surface area (Å²) in [5.41, 5.74) is 7.95. The van der Waals surface area contributed by atoms with Gasteiger partial charge in [-0.2, -0.15) is 10.5 Å². The predicted molar refractivity (Wildman–Crippen MR) is 127 cm³/mol. The maximum absolute atomic E-state index is 12.5. The molecule has 0 radical (unpaired) electrons. The van der Waals surface area contributed by atoms with Crippen LogP contribution >= 0.6 is 11.8 Å². The Hall–Kier alpha value is -4.21. The third-order valence-electron chi connectivity index (χ3n) is 4.58. The fourth-order valence-corrected chi connectivity index (χ4v) is 3.88. The molecule has 0 fully saturated rings. The molecule has 1 aromatic heterocycles. The van der Waals surface area contributed by atoms with Crippen LogP contribution in [0.1, 0.15) is 18.1 Å². The fraction of sp³-hybridized carbons (Fsp3) is 0.167. The molecule has 0 saturated heterocycles. The van der Waals surface area contributed by atoms with Crippen molar-refractivity contribution in [2.75, 3.05) is 30.5 Å². The Labute approximate surface area is 196 Å². The number of ether oxygens (including phenoxy) is 2. The number of carbonyl (C=O) groups excluding carboxylic acids is 1. The molecule has 0 aliphatic heterocycles. The average Bonchev–Trinajstić information content (AvgIpc) is 2.83. The van der Waals surface area contributed by atoms with Crippen molar-refractivity contribution in [1.82, 2.24) is 4.98 Å². The van der Waals surface area contributed by atoms with Gasteiger partial charge >= 0.3 is 0 Å². The molecule has 0 aliphatic rings. The SMILES string of the molecule is CCOc1ccc(NC(=O)CSc2nc(N)c(C#N)c(-c3ccc(OC)cc3)c2C#N)cc1. The van der Waals surface area contributed by atoms with Crippen LogP contribution in [-0.4, -0.2) is 30.4 Å². The van der Waals surface area contributed by atoms with Crippen molar-refractivity contribution in [1.29, 1.82) is 10.5 Å². The minimum absolute atomic E-state index is 0.00227. The van der Waals surface area contributed by atoms with Crippen LogP contribution in [-0.2, 0) is 4.79 Å². The molecule has 0 saturated carbocycles. The summed E-state index contributed by atoms with van der Waals surface area (Å²) in [5, 5.41) is 22.5. The Morgan fingerprint density at radius 3 is 2.27 bits per heavy atom. The second kappa shape index (κ2) is 10.9. The standard InChI is InChI=1S/C24H21N5O3S/c1-3-32-18-10-6-16(7-11-18)28-21(30)14-33-24-20(13-26)22(19(12-25)23(27)29-24)15-4-8-17(31-2)9-5-15/h4-11H,3,14H2,1-2H3,(H2,27,29)(H,28,30). The smallest absolute Gasteiger partial charge is 0.234 e. The molecule has 8 nitrogen and oxygen atoms in total. The summed E-state index contributed by atoms with van der Waals surface area (Å²) in [5.74, 6) is 1.08. The molecule has 1 amide bonds. The number of methoxy groups -OCH3 is 1. The largest absolute Gasteiger partial charge is 0.497 e. The maximum Gasteiger partial charge on any atom is 0.234 e. The van der Waals surface area contributed by atoms with Crippen LogP contribution < -0.4 is 20.5 Å². The summed E-state index contributed by atoms with van der Waals surface area (Å²) in [6.07, 6.45) is 0. The van der Waals surface area contributed by atoms with E-state index in [0.29, 0.717) is 34.9 Å². The quantitative estimate of drug-likeness (QED) is 0.478. The number of pyridine rings is 1. The Morgan fingerprint density at radius 1 is 1.06 bits per heavy atom. The molecule has 33 heavy (non-hydrogen) atoms. The van der Waals surface area contributed by atoms with Gasteiger partial charge in [-0.05, 0) is 48.9 Å². The molecule has 9 heteroatoms. The zero-order valence-corrected chi connectivity index (χ0v) is 18.9. The fourth-order valence-electron chi connectivity index (χ4n) is 3.08. The van der Waals surface area contributed by atoms with E-state index in [1.54, 1.807) is 55.6 Å². The Balaban J connectivity index is 1.84. The number of nitrogens with zero attached hydrogens (tertiary/aromatic N) is 3. The highest BCUT2D eigenvalue weighted by Crippen LogP contribution is 2.36. The molecule has 0 bridgehead atoms. The molecule has 166 valence electrons. The topological polar surface area (TPSA) is 134 Å². The summed E-state index contributed by atoms with van der Waals surface area (Å²) in [6, 6.07) is 18.1. The lowest BCUT2D eigenvalue weighted by molar-refractivity contribution is -0.113. The highest BCUT2D eigenvalue weighted by atomic mass is 32.2. The first kappa shape index (κ1) is 23.5. The van der Waals surface area contributed by atoms with Crippen LogP contribution in [0, 0.1) is 22.7 Å². The first-order chi connectivity index (χ1) is 16.0. The van der Waals surface area contributed by atoms with Crippen molar-refractivity contribution in [3.8, 4) is 34.8 Å². The van der Waals surface area contributed by atoms with Gasteiger partial charge in [-0.1, -0.05) is 23.9 Å². The van der Waals surface area contributed by atoms with Crippen LogP contribution in [0.4, 0.5) is 11.5 Å². The zero-order valence-electron chi connectivity index (χ0n) is 18.1. The number of benzene rings is 2. The van der Waals surface area contributed by atoms with Crippen LogP contribution in [0.2, 0.25) is 0 Å². The number of anilines is 2. The zero-order chi connectivity index (χ0) is 23.8. The Kier molecular flexibility index (Phi) is 7.74. The van der Waals surface area contributed by atoms with Crippen LogP contribution in [0.3, 0.4) is 0 Å². The Bertz CT molecular complexity index is 1230. The van der Waals surface area contributed by atoms with Gasteiger partial charge in [-0.15, -0.1) is 0 Å². The summed E-state index contributed by atoms with van der Waals surface area (Å²) >= 11 is 1.08. The van der Waals surface area contributed by atoms with Gasteiger partial charge in [0, 0.05) is 11.3 Å². The van der Waals surface area contributed by atoms with Gasteiger partial charge in [-0.3, -0.25) is 4.79 Å². The summed E-state index contributed by atoms with van der Waals surface area (Å²) < 4.78 is 10.6. The lowest BCUT2D eigenvalue weighted by atomic mass is 9.97. The first-order valence-corrected chi connectivity index (χ1v) is 10.9. The van der Waals surface area contributed by atoms with Crippen molar-refractivity contribution in [2.24, 2.45) is 0 Å². The number of carbonyl (C=O) groups is 1. The average molecular weight is 460 g/mol. The molecule has 0 unspecified atom stereocenters. The van der Waals surface area contributed by atoms with E-state index in [9.17, 15) is 15.3 Å². The second-order valence-corrected chi connectivity index (χ2v) is 7.64. The number of hydrogen-bond donors (Lipinski definition) is 2. The van der Waals surface area contributed by atoms with E-state index < -0.39 is 0 Å². The van der Waals surface area contributed by atoms with Crippen LogP contribution in [0.25, 0.3) is 11.1 Å². The van der Waals surface area contributed by atoms with E-state index in [2.05, 4.69) is 16.4 Å². The number of nitrogens with one attached hydrogen (secondary N) is 1. The van der Waals surface area contributed by atoms with Crippen molar-refractivity contribution >= 4 is 29.2 Å². The van der Waals surface area contributed by atoms with E-state index in [1.165, 1.54) is 0 Å². The Morgan fingerprint density at radius 2 is 1.70 bits per heavy atom. The van der Waals surface area contributed by atoms with Gasteiger partial charge < -0.3 is 20.5 Å². The monoisotopic (exact) mass is 459 g/mol. The van der Waals surface area contributed by atoms with Crippen molar-refractivity contribution in [3.63, 3.8) is 0 Å². The molecular formula is C24H21N5O3S. The normalized spacial score (nSPS) is 10.1. The van der Waals surface area contributed by atoms with Crippen LogP contribution in [0.15, 0.2) is 53.6 Å². The summed E-state index contributed by atoms with van der Waals surface area (Å²) in [6.45, 7) is 2.45. The molecule has 3 rings (SSSR count). The third kappa shape index (κ3) is 5.53. The maximum atomic E-state index is 12.5. The van der Waals surface area contributed by atoms with E-state index in [4.69, 9.17) is 15.2 Å². The van der Waals surface area contributed by atoms with Gasteiger partial charge in [0.05, 0.1) is 25.0 Å². The number of aromatic nitrogens is 1. The molecule has 3 aromatic rings. The minimum atomic E-state index is -0.274. The third-order valence-corrected chi connectivity index (χ3v) is 5.56. The molecular weight excluding hydrogens is 438 g/mol. The summed E-state index contributed by atoms with van der Waals surface area (Å²) in [4.78, 5) is 16.7. The van der Waals surface area contributed by atoms with E-state index in [0.717, 1.165) is 11.8 Å². The van der Waals surface area contributed by atoms with Gasteiger partial charge in [0.25, 0.3) is 0 Å². The second-order valence-electron chi connectivity index (χ2n) is 6.67. The van der Waals surface area contributed by atoms with Crippen molar-refractivity contribution < 1.29 is 14.3 Å². The van der Waals surface area contributed by atoms with Crippen molar-refractivity contribution in [3.05, 3.63) is 59.7 Å². The number of nitriles is 2. The first-order valence-electron chi connectivity index (χ1n) is 9.94. The van der Waals surface area contributed by atoms with Gasteiger partial charge in [0.1, 0.15) is 40.0 Å². The molecule has 0 aliphatic carbocycles. The van der Waals surface area contributed by atoms with Gasteiger partial charge in [0.15, 0.2) is 0 Å². The number of thioether (sulfide) groups is 1. The predicted octanol–water partition coefficient (Wildman–Crippen LogP) is 4.21. The van der Waals surface area contributed by atoms with E-state index in [1.807, 2.05) is 13.0 Å². The highest BCUT2D eigenvalue weighted by molar-refractivity contribution is 8.00. The summed E-state index contributed by atoms with van der Waals surface area (Å²) in [7, 11) is 1.55. The molecule has 3 N–H and O–H groups in total. The van der Waals surface area contributed by atoms with E-state index >= 15 is 0 Å². The molecule has 1 heterocycles. The van der Waals surface area contributed by atoms with Crippen LogP contribution in [0.5, 0.6) is 11.5 Å². The lowest BCUT2D eigenvalue weighted by Gasteiger charge is -2.13. The molecule has 2 aromatic carbocycles.